The molecule has 1 aromatic carbocycles. The summed E-state index contributed by atoms with van der Waals surface area (Å²) in [5.41, 5.74) is 3.16. The van der Waals surface area contributed by atoms with Crippen molar-refractivity contribution >= 4 is 11.2 Å². The van der Waals surface area contributed by atoms with Crippen molar-refractivity contribution < 1.29 is 9.47 Å². The van der Waals surface area contributed by atoms with E-state index < -0.39 is 0 Å². The van der Waals surface area contributed by atoms with Crippen molar-refractivity contribution in [2.24, 2.45) is 7.05 Å². The second-order valence-electron chi connectivity index (χ2n) is 7.09. The molecule has 142 valence electrons. The van der Waals surface area contributed by atoms with E-state index in [1.54, 1.807) is 14.2 Å². The lowest BCUT2D eigenvalue weighted by atomic mass is 9.88. The molecule has 0 radical (unpaired) electrons. The minimum absolute atomic E-state index is 0.494. The van der Waals surface area contributed by atoms with E-state index >= 15 is 0 Å². The summed E-state index contributed by atoms with van der Waals surface area (Å²) in [5, 5.41) is 0. The Bertz CT molecular complexity index is 929. The largest absolute Gasteiger partial charge is 0.497 e. The predicted molar refractivity (Wildman–Crippen MR) is 105 cm³/mol. The van der Waals surface area contributed by atoms with E-state index in [0.29, 0.717) is 5.92 Å². The molecule has 0 atom stereocenters. The molecule has 1 fully saturated rings. The number of nitrogens with zero attached hydrogens (tertiary/aromatic N) is 4. The molecule has 1 aliphatic rings. The molecule has 27 heavy (non-hydrogen) atoms. The van der Waals surface area contributed by atoms with Crippen LogP contribution in [0.1, 0.15) is 30.1 Å². The second-order valence-corrected chi connectivity index (χ2v) is 7.09. The van der Waals surface area contributed by atoms with Gasteiger partial charge in [0.25, 0.3) is 0 Å². The molecule has 6 heteroatoms. The number of imidazole rings is 1. The number of benzene rings is 1. The topological polar surface area (TPSA) is 52.4 Å². The van der Waals surface area contributed by atoms with Gasteiger partial charge in [0.05, 0.1) is 20.8 Å². The Hall–Kier alpha value is -2.60. The molecule has 1 saturated heterocycles. The summed E-state index contributed by atoms with van der Waals surface area (Å²) in [5.74, 6) is 3.41. The molecule has 6 nitrogen and oxygen atoms in total. The van der Waals surface area contributed by atoms with Gasteiger partial charge in [0, 0.05) is 18.8 Å². The van der Waals surface area contributed by atoms with E-state index in [-0.39, 0.29) is 0 Å². The van der Waals surface area contributed by atoms with Crippen molar-refractivity contribution in [1.82, 2.24) is 19.4 Å². The third kappa shape index (κ3) is 3.49. The first kappa shape index (κ1) is 17.8. The van der Waals surface area contributed by atoms with Crippen LogP contribution in [0.15, 0.2) is 36.5 Å². The zero-order chi connectivity index (χ0) is 18.8. The second kappa shape index (κ2) is 7.56. The highest BCUT2D eigenvalue weighted by Gasteiger charge is 2.24. The Kier molecular flexibility index (Phi) is 4.99. The maximum absolute atomic E-state index is 5.58. The molecule has 0 bridgehead atoms. The third-order valence-electron chi connectivity index (χ3n) is 5.55. The van der Waals surface area contributed by atoms with Crippen LogP contribution in [-0.4, -0.2) is 46.7 Å². The van der Waals surface area contributed by atoms with Gasteiger partial charge in [0.1, 0.15) is 22.8 Å². The molecule has 3 heterocycles. The number of piperidine rings is 1. The van der Waals surface area contributed by atoms with Crippen LogP contribution >= 0.6 is 0 Å². The summed E-state index contributed by atoms with van der Waals surface area (Å²) in [6.07, 6.45) is 4.03. The Morgan fingerprint density at radius 3 is 2.63 bits per heavy atom. The van der Waals surface area contributed by atoms with E-state index in [0.717, 1.165) is 61.0 Å². The minimum atomic E-state index is 0.494. The Morgan fingerprint density at radius 2 is 1.93 bits per heavy atom. The molecule has 0 aliphatic carbocycles. The van der Waals surface area contributed by atoms with Gasteiger partial charge >= 0.3 is 0 Å². The molecule has 4 rings (SSSR count). The van der Waals surface area contributed by atoms with Crippen LogP contribution in [0.5, 0.6) is 11.5 Å². The van der Waals surface area contributed by atoms with Gasteiger partial charge in [-0.1, -0.05) is 0 Å². The van der Waals surface area contributed by atoms with Crippen LogP contribution in [0, 0.1) is 0 Å². The lowest BCUT2D eigenvalue weighted by Crippen LogP contribution is -2.33. The molecule has 0 amide bonds. The number of methoxy groups -OCH3 is 2. The standard InChI is InChI=1S/C21H26N4O2/c1-24-20(23-18-5-4-10-22-21(18)24)14-25-11-8-15(9-12-25)17-13-16(26-2)6-7-19(17)27-3/h4-7,10,13,15H,8-9,11-12,14H2,1-3H3. The molecule has 0 N–H and O–H groups in total. The smallest absolute Gasteiger partial charge is 0.159 e. The van der Waals surface area contributed by atoms with Gasteiger partial charge in [-0.05, 0) is 62.2 Å². The number of likely N-dealkylation sites (tertiary alicyclic amines) is 1. The monoisotopic (exact) mass is 366 g/mol. The van der Waals surface area contributed by atoms with Gasteiger partial charge in [0.2, 0.25) is 0 Å². The number of aryl methyl sites for hydroxylation is 1. The van der Waals surface area contributed by atoms with E-state index in [9.17, 15) is 0 Å². The fourth-order valence-electron chi connectivity index (χ4n) is 3.97. The zero-order valence-corrected chi connectivity index (χ0v) is 16.2. The Morgan fingerprint density at radius 1 is 1.11 bits per heavy atom. The lowest BCUT2D eigenvalue weighted by molar-refractivity contribution is 0.197. The number of ether oxygens (including phenoxy) is 2. The van der Waals surface area contributed by atoms with E-state index in [1.165, 1.54) is 5.56 Å². The van der Waals surface area contributed by atoms with Crippen molar-refractivity contribution in [2.75, 3.05) is 27.3 Å². The van der Waals surface area contributed by atoms with Gasteiger partial charge in [-0.3, -0.25) is 4.90 Å². The number of hydrogen-bond acceptors (Lipinski definition) is 5. The van der Waals surface area contributed by atoms with Crippen molar-refractivity contribution in [1.29, 1.82) is 0 Å². The number of fused-ring (bicyclic) bond motifs is 1. The average Bonchev–Trinajstić information content (AvgIpc) is 3.04. The summed E-state index contributed by atoms with van der Waals surface area (Å²) < 4.78 is 13.1. The molecular weight excluding hydrogens is 340 g/mol. The normalized spacial score (nSPS) is 16.0. The molecule has 3 aromatic rings. The van der Waals surface area contributed by atoms with E-state index in [1.807, 2.05) is 37.5 Å². The summed E-state index contributed by atoms with van der Waals surface area (Å²) in [7, 11) is 5.49. The van der Waals surface area contributed by atoms with Crippen molar-refractivity contribution in [2.45, 2.75) is 25.3 Å². The number of pyridine rings is 1. The SMILES string of the molecule is COc1ccc(OC)c(C2CCN(Cc3nc4cccnc4n3C)CC2)c1. The first-order valence-electron chi connectivity index (χ1n) is 9.40. The third-order valence-corrected chi connectivity index (χ3v) is 5.55. The van der Waals surface area contributed by atoms with Crippen molar-refractivity contribution in [3.8, 4) is 11.5 Å². The van der Waals surface area contributed by atoms with Gasteiger partial charge in [-0.25, -0.2) is 9.97 Å². The molecule has 1 aliphatic heterocycles. The summed E-state index contributed by atoms with van der Waals surface area (Å²) in [4.78, 5) is 11.7. The molecule has 0 saturated carbocycles. The Labute approximate surface area is 159 Å². The van der Waals surface area contributed by atoms with Crippen molar-refractivity contribution in [3.05, 3.63) is 47.9 Å². The van der Waals surface area contributed by atoms with Gasteiger partial charge in [0.15, 0.2) is 5.65 Å². The molecular formula is C21H26N4O2. The van der Waals surface area contributed by atoms with Gasteiger partial charge in [-0.2, -0.15) is 0 Å². The van der Waals surface area contributed by atoms with Gasteiger partial charge in [-0.15, -0.1) is 0 Å². The predicted octanol–water partition coefficient (Wildman–Crippen LogP) is 3.37. The average molecular weight is 366 g/mol. The first-order chi connectivity index (χ1) is 13.2. The summed E-state index contributed by atoms with van der Waals surface area (Å²) in [6.45, 7) is 2.94. The number of hydrogen-bond donors (Lipinski definition) is 0. The lowest BCUT2D eigenvalue weighted by Gasteiger charge is -2.32. The summed E-state index contributed by atoms with van der Waals surface area (Å²) >= 11 is 0. The number of rotatable bonds is 5. The fraction of sp³-hybridized carbons (Fsp3) is 0.429. The van der Waals surface area contributed by atoms with E-state index in [4.69, 9.17) is 14.5 Å². The highest BCUT2D eigenvalue weighted by atomic mass is 16.5. The highest BCUT2D eigenvalue weighted by Crippen LogP contribution is 2.36. The van der Waals surface area contributed by atoms with Crippen molar-refractivity contribution in [3.63, 3.8) is 0 Å². The van der Waals surface area contributed by atoms with E-state index in [2.05, 4.69) is 20.5 Å². The number of aromatic nitrogens is 3. The zero-order valence-electron chi connectivity index (χ0n) is 16.2. The molecule has 0 spiro atoms. The fourth-order valence-corrected chi connectivity index (χ4v) is 3.97. The Balaban J connectivity index is 1.45. The molecule has 0 unspecified atom stereocenters. The summed E-state index contributed by atoms with van der Waals surface area (Å²) in [6, 6.07) is 10.0. The van der Waals surface area contributed by atoms with Crippen LogP contribution in [0.2, 0.25) is 0 Å². The van der Waals surface area contributed by atoms with Crippen LogP contribution in [0.3, 0.4) is 0 Å². The van der Waals surface area contributed by atoms with Crippen LogP contribution in [0.25, 0.3) is 11.2 Å². The van der Waals surface area contributed by atoms with Crippen LogP contribution in [-0.2, 0) is 13.6 Å². The minimum Gasteiger partial charge on any atom is -0.497 e. The maximum atomic E-state index is 5.58. The quantitative estimate of drug-likeness (QED) is 0.693. The molecule has 2 aromatic heterocycles. The first-order valence-corrected chi connectivity index (χ1v) is 9.40. The van der Waals surface area contributed by atoms with Gasteiger partial charge < -0.3 is 14.0 Å². The van der Waals surface area contributed by atoms with Crippen LogP contribution in [0.4, 0.5) is 0 Å². The van der Waals surface area contributed by atoms with Crippen LogP contribution < -0.4 is 9.47 Å². The maximum Gasteiger partial charge on any atom is 0.159 e. The highest BCUT2D eigenvalue weighted by molar-refractivity contribution is 5.70.